The molecule has 1 aromatic heterocycles. The molecule has 2 rings (SSSR count). The zero-order chi connectivity index (χ0) is 15.5. The minimum atomic E-state index is -4.51. The fraction of sp³-hybridized carbons (Fsp3) is 0.200. The molecule has 0 bridgehead atoms. The molecule has 0 aliphatic carbocycles. The highest BCUT2D eigenvalue weighted by molar-refractivity contribution is 5.94. The molecule has 3 nitrogen and oxygen atoms in total. The molecule has 1 aromatic carbocycles. The molecule has 1 N–H and O–H groups in total. The van der Waals surface area contributed by atoms with Gasteiger partial charge >= 0.3 is 6.18 Å². The van der Waals surface area contributed by atoms with Crippen molar-refractivity contribution >= 4 is 5.91 Å². The number of amides is 1. The summed E-state index contributed by atoms with van der Waals surface area (Å²) < 4.78 is 37.2. The van der Waals surface area contributed by atoms with E-state index in [-0.39, 0.29) is 11.6 Å². The van der Waals surface area contributed by atoms with Gasteiger partial charge in [0, 0.05) is 6.20 Å². The van der Waals surface area contributed by atoms with Crippen LogP contribution in [0.1, 0.15) is 34.6 Å². The first-order valence-corrected chi connectivity index (χ1v) is 6.27. The Labute approximate surface area is 119 Å². The molecular formula is C15H13F3N2O. The van der Waals surface area contributed by atoms with E-state index in [0.29, 0.717) is 0 Å². The summed E-state index contributed by atoms with van der Waals surface area (Å²) in [7, 11) is 0. The van der Waals surface area contributed by atoms with Crippen molar-refractivity contribution in [2.45, 2.75) is 19.1 Å². The SMILES string of the molecule is CC(NC(=O)c1ccc(C(F)(F)F)nc1)c1ccccc1. The Morgan fingerprint density at radius 2 is 1.81 bits per heavy atom. The predicted molar refractivity (Wildman–Crippen MR) is 71.6 cm³/mol. The van der Waals surface area contributed by atoms with Gasteiger partial charge in [-0.3, -0.25) is 9.78 Å². The summed E-state index contributed by atoms with van der Waals surface area (Å²) in [5, 5.41) is 2.71. The van der Waals surface area contributed by atoms with Gasteiger partial charge in [0.25, 0.3) is 5.91 Å². The average Bonchev–Trinajstić information content (AvgIpc) is 2.47. The van der Waals surface area contributed by atoms with Crippen molar-refractivity contribution in [1.29, 1.82) is 0 Å². The molecule has 1 heterocycles. The van der Waals surface area contributed by atoms with Crippen molar-refractivity contribution in [3.05, 3.63) is 65.5 Å². The number of alkyl halides is 3. The van der Waals surface area contributed by atoms with E-state index in [1.54, 1.807) is 6.92 Å². The summed E-state index contributed by atoms with van der Waals surface area (Å²) in [5.41, 5.74) is -0.0216. The number of nitrogens with zero attached hydrogens (tertiary/aromatic N) is 1. The maximum atomic E-state index is 12.4. The van der Waals surface area contributed by atoms with E-state index in [4.69, 9.17) is 0 Å². The molecule has 0 aliphatic rings. The van der Waals surface area contributed by atoms with Crippen LogP contribution in [0.15, 0.2) is 48.7 Å². The van der Waals surface area contributed by atoms with Gasteiger partial charge in [-0.15, -0.1) is 0 Å². The Bertz CT molecular complexity index is 609. The highest BCUT2D eigenvalue weighted by Gasteiger charge is 2.32. The molecule has 1 atom stereocenters. The van der Waals surface area contributed by atoms with Crippen LogP contribution < -0.4 is 5.32 Å². The smallest absolute Gasteiger partial charge is 0.345 e. The molecule has 0 radical (unpaired) electrons. The topological polar surface area (TPSA) is 42.0 Å². The highest BCUT2D eigenvalue weighted by Crippen LogP contribution is 2.27. The number of carbonyl (C=O) groups excluding carboxylic acids is 1. The number of halogens is 3. The lowest BCUT2D eigenvalue weighted by molar-refractivity contribution is -0.141. The van der Waals surface area contributed by atoms with Gasteiger partial charge in [-0.25, -0.2) is 0 Å². The largest absolute Gasteiger partial charge is 0.433 e. The first-order valence-electron chi connectivity index (χ1n) is 6.27. The van der Waals surface area contributed by atoms with Crippen LogP contribution in [0.2, 0.25) is 0 Å². The van der Waals surface area contributed by atoms with E-state index in [1.807, 2.05) is 30.3 Å². The lowest BCUT2D eigenvalue weighted by Gasteiger charge is -2.14. The molecule has 0 aliphatic heterocycles. The Kier molecular flexibility index (Phi) is 4.26. The van der Waals surface area contributed by atoms with Gasteiger partial charge in [0.15, 0.2) is 0 Å². The van der Waals surface area contributed by atoms with Gasteiger partial charge < -0.3 is 5.32 Å². The normalized spacial score (nSPS) is 12.8. The van der Waals surface area contributed by atoms with Crippen molar-refractivity contribution in [3.8, 4) is 0 Å². The van der Waals surface area contributed by atoms with Crippen LogP contribution >= 0.6 is 0 Å². The Balaban J connectivity index is 2.07. The van der Waals surface area contributed by atoms with Gasteiger partial charge in [0.05, 0.1) is 11.6 Å². The van der Waals surface area contributed by atoms with E-state index in [2.05, 4.69) is 10.3 Å². The second kappa shape index (κ2) is 5.95. The van der Waals surface area contributed by atoms with E-state index < -0.39 is 17.8 Å². The van der Waals surface area contributed by atoms with Crippen molar-refractivity contribution < 1.29 is 18.0 Å². The molecule has 110 valence electrons. The van der Waals surface area contributed by atoms with Gasteiger partial charge in [-0.1, -0.05) is 30.3 Å². The summed E-state index contributed by atoms with van der Waals surface area (Å²) in [6.45, 7) is 1.80. The van der Waals surface area contributed by atoms with Gasteiger partial charge in [-0.2, -0.15) is 13.2 Å². The molecule has 6 heteroatoms. The zero-order valence-corrected chi connectivity index (χ0v) is 11.2. The Morgan fingerprint density at radius 1 is 1.14 bits per heavy atom. The lowest BCUT2D eigenvalue weighted by Crippen LogP contribution is -2.26. The second-order valence-corrected chi connectivity index (χ2v) is 4.54. The molecule has 21 heavy (non-hydrogen) atoms. The third kappa shape index (κ3) is 3.81. The van der Waals surface area contributed by atoms with E-state index in [1.165, 1.54) is 0 Å². The highest BCUT2D eigenvalue weighted by atomic mass is 19.4. The summed E-state index contributed by atoms with van der Waals surface area (Å²) >= 11 is 0. The van der Waals surface area contributed by atoms with Crippen molar-refractivity contribution in [3.63, 3.8) is 0 Å². The van der Waals surface area contributed by atoms with E-state index >= 15 is 0 Å². The van der Waals surface area contributed by atoms with Crippen molar-refractivity contribution in [1.82, 2.24) is 10.3 Å². The summed E-state index contributed by atoms with van der Waals surface area (Å²) in [6.07, 6.45) is -3.58. The van der Waals surface area contributed by atoms with Gasteiger partial charge in [-0.05, 0) is 24.6 Å². The number of hydrogen-bond acceptors (Lipinski definition) is 2. The fourth-order valence-corrected chi connectivity index (χ4v) is 1.80. The molecule has 2 aromatic rings. The van der Waals surface area contributed by atoms with Crippen molar-refractivity contribution in [2.75, 3.05) is 0 Å². The number of pyridine rings is 1. The predicted octanol–water partition coefficient (Wildman–Crippen LogP) is 3.59. The zero-order valence-electron chi connectivity index (χ0n) is 11.2. The number of rotatable bonds is 3. The van der Waals surface area contributed by atoms with Crippen LogP contribution in [0.3, 0.4) is 0 Å². The third-order valence-corrected chi connectivity index (χ3v) is 2.96. The number of aromatic nitrogens is 1. The monoisotopic (exact) mass is 294 g/mol. The van der Waals surface area contributed by atoms with Crippen LogP contribution in [0, 0.1) is 0 Å². The Morgan fingerprint density at radius 3 is 2.33 bits per heavy atom. The van der Waals surface area contributed by atoms with Crippen LogP contribution in [0.5, 0.6) is 0 Å². The molecule has 1 unspecified atom stereocenters. The van der Waals surface area contributed by atoms with Gasteiger partial charge in [0.1, 0.15) is 5.69 Å². The standard InChI is InChI=1S/C15H13F3N2O/c1-10(11-5-3-2-4-6-11)20-14(21)12-7-8-13(19-9-12)15(16,17)18/h2-10H,1H3,(H,20,21). The van der Waals surface area contributed by atoms with Crippen molar-refractivity contribution in [2.24, 2.45) is 0 Å². The summed E-state index contributed by atoms with van der Waals surface area (Å²) in [5.74, 6) is -0.465. The minimum absolute atomic E-state index is 0.0887. The third-order valence-electron chi connectivity index (χ3n) is 2.96. The summed E-state index contributed by atoms with van der Waals surface area (Å²) in [4.78, 5) is 15.2. The maximum absolute atomic E-state index is 12.4. The molecular weight excluding hydrogens is 281 g/mol. The number of carbonyl (C=O) groups is 1. The van der Waals surface area contributed by atoms with Crippen LogP contribution in [-0.2, 0) is 6.18 Å². The van der Waals surface area contributed by atoms with E-state index in [9.17, 15) is 18.0 Å². The number of benzene rings is 1. The van der Waals surface area contributed by atoms with Crippen LogP contribution in [0.25, 0.3) is 0 Å². The fourth-order valence-electron chi connectivity index (χ4n) is 1.80. The van der Waals surface area contributed by atoms with Crippen LogP contribution in [0.4, 0.5) is 13.2 Å². The van der Waals surface area contributed by atoms with Crippen LogP contribution in [-0.4, -0.2) is 10.9 Å². The molecule has 0 fully saturated rings. The quantitative estimate of drug-likeness (QED) is 0.940. The number of nitrogens with one attached hydrogen (secondary N) is 1. The molecule has 0 saturated carbocycles. The van der Waals surface area contributed by atoms with E-state index in [0.717, 1.165) is 23.9 Å². The first kappa shape index (κ1) is 15.0. The average molecular weight is 294 g/mol. The first-order chi connectivity index (χ1) is 9.88. The molecule has 1 amide bonds. The Hall–Kier alpha value is -2.37. The maximum Gasteiger partial charge on any atom is 0.433 e. The second-order valence-electron chi connectivity index (χ2n) is 4.54. The summed E-state index contributed by atoms with van der Waals surface area (Å²) in [6, 6.07) is 10.9. The van der Waals surface area contributed by atoms with Gasteiger partial charge in [0.2, 0.25) is 0 Å². The lowest BCUT2D eigenvalue weighted by atomic mass is 10.1. The molecule has 0 spiro atoms. The molecule has 0 saturated heterocycles. The number of hydrogen-bond donors (Lipinski definition) is 1. The minimum Gasteiger partial charge on any atom is -0.345 e.